The van der Waals surface area contributed by atoms with Crippen molar-refractivity contribution in [2.24, 2.45) is 0 Å². The zero-order valence-corrected chi connectivity index (χ0v) is 22.8. The smallest absolute Gasteiger partial charge is 0.271 e. The van der Waals surface area contributed by atoms with Gasteiger partial charge in [-0.3, -0.25) is 19.2 Å². The fourth-order valence-electron chi connectivity index (χ4n) is 3.82. The summed E-state index contributed by atoms with van der Waals surface area (Å²) in [6.45, 7) is 2.27. The molecule has 1 aromatic rings. The maximum absolute atomic E-state index is 13.7. The molecule has 0 amide bonds. The van der Waals surface area contributed by atoms with Crippen LogP contribution in [0.3, 0.4) is 0 Å². The number of nitro benzene ring substituents is 1. The van der Waals surface area contributed by atoms with Gasteiger partial charge in [0.05, 0.1) is 36.2 Å². The van der Waals surface area contributed by atoms with Crippen molar-refractivity contribution in [2.75, 3.05) is 75.5 Å². The first-order valence-corrected chi connectivity index (χ1v) is 15.1. The molecule has 0 saturated carbocycles. The van der Waals surface area contributed by atoms with E-state index < -0.39 is 37.8 Å². The SMILES string of the molecule is Cc1cc([N+](=O)[O-])cc(S(=O)(=O)N2CCN(C[C@H](O)CO)CC2)c1N(CCBr)CCOS(C)(=O)=O. The molecule has 1 saturated heterocycles. The lowest BCUT2D eigenvalue weighted by Gasteiger charge is -2.36. The molecule has 1 atom stereocenters. The van der Waals surface area contributed by atoms with Gasteiger partial charge in [-0.1, -0.05) is 15.9 Å². The third-order valence-electron chi connectivity index (χ3n) is 5.42. The van der Waals surface area contributed by atoms with E-state index in [-0.39, 0.29) is 49.1 Å². The Kier molecular flexibility index (Phi) is 10.8. The third kappa shape index (κ3) is 8.31. The molecule has 16 heteroatoms. The van der Waals surface area contributed by atoms with Crippen molar-refractivity contribution in [3.8, 4) is 0 Å². The molecular formula is C19H31BrN4O9S2. The summed E-state index contributed by atoms with van der Waals surface area (Å²) in [5.74, 6) is 0. The minimum absolute atomic E-state index is 0.0344. The predicted molar refractivity (Wildman–Crippen MR) is 133 cm³/mol. The highest BCUT2D eigenvalue weighted by atomic mass is 79.9. The van der Waals surface area contributed by atoms with Gasteiger partial charge in [0.1, 0.15) is 4.90 Å². The Hall–Kier alpha value is -1.40. The minimum Gasteiger partial charge on any atom is -0.394 e. The van der Waals surface area contributed by atoms with E-state index >= 15 is 0 Å². The standard InChI is InChI=1S/C19H31BrN4O9S2/c1-15-11-16(24(27)28)12-18(19(15)22(4-3-20)9-10-33-34(2,29)30)35(31,32)23-7-5-21(6-8-23)13-17(26)14-25/h11-12,17,25-26H,3-10,13-14H2,1-2H3/t17-/m0/s1. The maximum atomic E-state index is 13.7. The molecule has 0 spiro atoms. The summed E-state index contributed by atoms with van der Waals surface area (Å²) >= 11 is 3.31. The maximum Gasteiger partial charge on any atom is 0.271 e. The van der Waals surface area contributed by atoms with Crippen molar-refractivity contribution in [2.45, 2.75) is 17.9 Å². The lowest BCUT2D eigenvalue weighted by atomic mass is 10.1. The molecule has 0 aliphatic carbocycles. The van der Waals surface area contributed by atoms with Crippen LogP contribution in [-0.4, -0.2) is 118 Å². The number of nitro groups is 1. The molecule has 0 radical (unpaired) electrons. The Labute approximate surface area is 213 Å². The van der Waals surface area contributed by atoms with Crippen molar-refractivity contribution in [3.63, 3.8) is 0 Å². The number of sulfonamides is 1. The van der Waals surface area contributed by atoms with E-state index in [2.05, 4.69) is 15.9 Å². The Morgan fingerprint density at radius 3 is 2.34 bits per heavy atom. The molecule has 2 rings (SSSR count). The molecule has 1 fully saturated rings. The highest BCUT2D eigenvalue weighted by molar-refractivity contribution is 9.09. The first-order chi connectivity index (χ1) is 16.3. The van der Waals surface area contributed by atoms with Gasteiger partial charge in [-0.05, 0) is 12.5 Å². The lowest BCUT2D eigenvalue weighted by molar-refractivity contribution is -0.385. The van der Waals surface area contributed by atoms with Gasteiger partial charge >= 0.3 is 0 Å². The van der Waals surface area contributed by atoms with Crippen molar-refractivity contribution in [3.05, 3.63) is 27.8 Å². The number of rotatable bonds is 13. The van der Waals surface area contributed by atoms with Gasteiger partial charge in [-0.15, -0.1) is 0 Å². The molecule has 0 unspecified atom stereocenters. The van der Waals surface area contributed by atoms with E-state index in [9.17, 15) is 32.1 Å². The second kappa shape index (κ2) is 12.7. The first kappa shape index (κ1) is 29.8. The van der Waals surface area contributed by atoms with Crippen LogP contribution in [0.25, 0.3) is 0 Å². The van der Waals surface area contributed by atoms with Crippen LogP contribution in [0.5, 0.6) is 0 Å². The summed E-state index contributed by atoms with van der Waals surface area (Å²) in [6.07, 6.45) is -0.0234. The zero-order chi connectivity index (χ0) is 26.4. The molecule has 13 nitrogen and oxygen atoms in total. The van der Waals surface area contributed by atoms with Crippen LogP contribution >= 0.6 is 15.9 Å². The van der Waals surface area contributed by atoms with E-state index in [4.69, 9.17) is 9.29 Å². The molecule has 1 aliphatic heterocycles. The van der Waals surface area contributed by atoms with Gasteiger partial charge in [0, 0.05) is 63.3 Å². The van der Waals surface area contributed by atoms with E-state index in [1.807, 2.05) is 4.90 Å². The third-order valence-corrected chi connectivity index (χ3v) is 8.28. The van der Waals surface area contributed by atoms with Gasteiger partial charge in [0.15, 0.2) is 0 Å². The topological polar surface area (TPSA) is 171 Å². The van der Waals surface area contributed by atoms with Gasteiger partial charge < -0.3 is 15.1 Å². The van der Waals surface area contributed by atoms with Gasteiger partial charge in [0.2, 0.25) is 10.0 Å². The highest BCUT2D eigenvalue weighted by Crippen LogP contribution is 2.35. The molecule has 1 aromatic carbocycles. The molecule has 200 valence electrons. The molecular weight excluding hydrogens is 572 g/mol. The fourth-order valence-corrected chi connectivity index (χ4v) is 6.35. The second-order valence-corrected chi connectivity index (χ2v) is 12.5. The van der Waals surface area contributed by atoms with Gasteiger partial charge in [-0.2, -0.15) is 12.7 Å². The van der Waals surface area contributed by atoms with Crippen molar-refractivity contribution >= 4 is 47.4 Å². The van der Waals surface area contributed by atoms with Crippen LogP contribution in [0.15, 0.2) is 17.0 Å². The van der Waals surface area contributed by atoms with Crippen LogP contribution in [0.2, 0.25) is 0 Å². The molecule has 1 aliphatic rings. The largest absolute Gasteiger partial charge is 0.394 e. The van der Waals surface area contributed by atoms with Gasteiger partial charge in [-0.25, -0.2) is 8.42 Å². The van der Waals surface area contributed by atoms with Crippen LogP contribution in [0, 0.1) is 17.0 Å². The quantitative estimate of drug-likeness (QED) is 0.132. The van der Waals surface area contributed by atoms with E-state index in [1.165, 1.54) is 10.4 Å². The Balaban J connectivity index is 2.44. The van der Waals surface area contributed by atoms with E-state index in [0.29, 0.717) is 30.5 Å². The number of aliphatic hydroxyl groups excluding tert-OH is 2. The summed E-state index contributed by atoms with van der Waals surface area (Å²) < 4.78 is 56.2. The Morgan fingerprint density at radius 2 is 1.83 bits per heavy atom. The first-order valence-electron chi connectivity index (χ1n) is 10.8. The van der Waals surface area contributed by atoms with E-state index in [1.54, 1.807) is 11.8 Å². The normalized spacial score (nSPS) is 16.8. The number of aryl methyl sites for hydroxylation is 1. The van der Waals surface area contributed by atoms with Crippen LogP contribution < -0.4 is 4.90 Å². The fraction of sp³-hybridized carbons (Fsp3) is 0.684. The number of hydrogen-bond donors (Lipinski definition) is 2. The lowest BCUT2D eigenvalue weighted by Crippen LogP contribution is -2.50. The number of halogens is 1. The summed E-state index contributed by atoms with van der Waals surface area (Å²) in [4.78, 5) is 14.1. The number of hydrogen-bond acceptors (Lipinski definition) is 11. The average molecular weight is 604 g/mol. The molecule has 0 aromatic heterocycles. The molecule has 1 heterocycles. The number of benzene rings is 1. The van der Waals surface area contributed by atoms with Crippen molar-refractivity contribution in [1.29, 1.82) is 0 Å². The highest BCUT2D eigenvalue weighted by Gasteiger charge is 2.34. The molecule has 2 N–H and O–H groups in total. The number of alkyl halides is 1. The number of non-ortho nitro benzene ring substituents is 1. The Bertz CT molecular complexity index is 1090. The summed E-state index contributed by atoms with van der Waals surface area (Å²) in [5, 5.41) is 30.6. The summed E-state index contributed by atoms with van der Waals surface area (Å²) in [5.41, 5.74) is 0.216. The van der Waals surface area contributed by atoms with Crippen molar-refractivity contribution in [1.82, 2.24) is 9.21 Å². The number of β-amino-alcohol motifs (C(OH)–C–C–N with tert-alkyl or cyclic N) is 1. The second-order valence-electron chi connectivity index (χ2n) is 8.11. The zero-order valence-electron chi connectivity index (χ0n) is 19.5. The van der Waals surface area contributed by atoms with Crippen LogP contribution in [0.1, 0.15) is 5.56 Å². The number of nitrogens with zero attached hydrogens (tertiary/aromatic N) is 4. The van der Waals surface area contributed by atoms with E-state index in [0.717, 1.165) is 12.3 Å². The Morgan fingerprint density at radius 1 is 1.20 bits per heavy atom. The summed E-state index contributed by atoms with van der Waals surface area (Å²) in [6, 6.07) is 2.30. The van der Waals surface area contributed by atoms with Crippen LogP contribution in [0.4, 0.5) is 11.4 Å². The minimum atomic E-state index is -4.17. The molecule has 0 bridgehead atoms. The van der Waals surface area contributed by atoms with Crippen LogP contribution in [-0.2, 0) is 24.3 Å². The average Bonchev–Trinajstić information content (AvgIpc) is 2.77. The number of aliphatic hydroxyl groups is 2. The number of anilines is 1. The summed E-state index contributed by atoms with van der Waals surface area (Å²) in [7, 11) is -7.88. The van der Waals surface area contributed by atoms with Crippen molar-refractivity contribution < 1.29 is 36.2 Å². The predicted octanol–water partition coefficient (Wildman–Crippen LogP) is -0.260. The monoisotopic (exact) mass is 602 g/mol. The number of piperazine rings is 1. The molecule has 35 heavy (non-hydrogen) atoms. The van der Waals surface area contributed by atoms with Gasteiger partial charge in [0.25, 0.3) is 15.8 Å².